The molecule has 1 aliphatic rings. The lowest BCUT2D eigenvalue weighted by molar-refractivity contribution is -0.138. The van der Waals surface area contributed by atoms with E-state index in [1.807, 2.05) is 18.5 Å². The lowest BCUT2D eigenvalue weighted by Gasteiger charge is -2.39. The van der Waals surface area contributed by atoms with E-state index in [0.717, 1.165) is 31.9 Å². The van der Waals surface area contributed by atoms with E-state index < -0.39 is 0 Å². The maximum Gasteiger partial charge on any atom is 0.261 e. The molecule has 3 heterocycles. The van der Waals surface area contributed by atoms with Crippen LogP contribution in [-0.4, -0.2) is 43.0 Å². The second-order valence-electron chi connectivity index (χ2n) is 6.71. The van der Waals surface area contributed by atoms with Crippen LogP contribution in [0.4, 0.5) is 0 Å². The van der Waals surface area contributed by atoms with Crippen molar-refractivity contribution in [3.63, 3.8) is 0 Å². The van der Waals surface area contributed by atoms with Crippen molar-refractivity contribution in [1.82, 2.24) is 24.0 Å². The lowest BCUT2D eigenvalue weighted by Crippen LogP contribution is -2.52. The van der Waals surface area contributed by atoms with E-state index in [-0.39, 0.29) is 18.0 Å². The second-order valence-corrected chi connectivity index (χ2v) is 6.71. The number of imidazole rings is 1. The topological polar surface area (TPSA) is 73.0 Å². The number of aryl methyl sites for hydroxylation is 1. The van der Waals surface area contributed by atoms with E-state index in [1.54, 1.807) is 23.1 Å². The number of rotatable bonds is 5. The van der Waals surface area contributed by atoms with Gasteiger partial charge in [0.25, 0.3) is 5.56 Å². The standard InChI is InChI=1S/C19H21N5O2/c1-2-17-20-7-8-22(17)9-14-10-23(11-14)18(25)12-24-13-21-16-6-4-3-5-15(16)19(24)26/h3-8,13-14H,2,9-12H2,1H3. The molecule has 7 nitrogen and oxygen atoms in total. The number of likely N-dealkylation sites (tertiary alicyclic amines) is 1. The van der Waals surface area contributed by atoms with E-state index in [0.29, 0.717) is 16.8 Å². The first kappa shape index (κ1) is 16.5. The zero-order valence-corrected chi connectivity index (χ0v) is 14.7. The summed E-state index contributed by atoms with van der Waals surface area (Å²) in [5, 5.41) is 0.538. The van der Waals surface area contributed by atoms with Gasteiger partial charge in [-0.3, -0.25) is 14.2 Å². The van der Waals surface area contributed by atoms with Gasteiger partial charge >= 0.3 is 0 Å². The van der Waals surface area contributed by atoms with Gasteiger partial charge in [0.2, 0.25) is 5.91 Å². The van der Waals surface area contributed by atoms with Gasteiger partial charge < -0.3 is 9.47 Å². The number of benzene rings is 1. The van der Waals surface area contributed by atoms with Crippen molar-refractivity contribution in [3.05, 3.63) is 59.2 Å². The maximum atomic E-state index is 12.5. The monoisotopic (exact) mass is 351 g/mol. The summed E-state index contributed by atoms with van der Waals surface area (Å²) >= 11 is 0. The number of carbonyl (C=O) groups is 1. The molecule has 0 saturated carbocycles. The Bertz CT molecular complexity index is 1000. The number of fused-ring (bicyclic) bond motifs is 1. The van der Waals surface area contributed by atoms with Crippen LogP contribution in [0.15, 0.2) is 47.8 Å². The molecule has 1 fully saturated rings. The molecule has 0 unspecified atom stereocenters. The van der Waals surface area contributed by atoms with Gasteiger partial charge in [-0.05, 0) is 12.1 Å². The van der Waals surface area contributed by atoms with Crippen LogP contribution in [0.5, 0.6) is 0 Å². The Labute approximate surface area is 150 Å². The molecule has 0 atom stereocenters. The Kier molecular flexibility index (Phi) is 4.28. The van der Waals surface area contributed by atoms with Gasteiger partial charge in [0.05, 0.1) is 17.2 Å². The maximum absolute atomic E-state index is 12.5. The molecule has 7 heteroatoms. The summed E-state index contributed by atoms with van der Waals surface area (Å²) in [6.07, 6.45) is 6.17. The fraction of sp³-hybridized carbons (Fsp3) is 0.368. The molecule has 1 amide bonds. The Morgan fingerprint density at radius 3 is 2.81 bits per heavy atom. The van der Waals surface area contributed by atoms with E-state index in [2.05, 4.69) is 21.5 Å². The predicted octanol–water partition coefficient (Wildman–Crippen LogP) is 1.31. The number of aromatic nitrogens is 4. The highest BCUT2D eigenvalue weighted by atomic mass is 16.2. The van der Waals surface area contributed by atoms with Crippen molar-refractivity contribution in [2.75, 3.05) is 13.1 Å². The summed E-state index contributed by atoms with van der Waals surface area (Å²) in [7, 11) is 0. The number of nitrogens with zero attached hydrogens (tertiary/aromatic N) is 5. The van der Waals surface area contributed by atoms with Gasteiger partial charge in [-0.25, -0.2) is 9.97 Å². The summed E-state index contributed by atoms with van der Waals surface area (Å²) in [6.45, 7) is 4.44. The average molecular weight is 351 g/mol. The molecular weight excluding hydrogens is 330 g/mol. The number of carbonyl (C=O) groups excluding carboxylic acids is 1. The number of amides is 1. The molecule has 0 radical (unpaired) electrons. The molecule has 4 rings (SSSR count). The van der Waals surface area contributed by atoms with Crippen molar-refractivity contribution < 1.29 is 4.79 Å². The van der Waals surface area contributed by atoms with Crippen LogP contribution in [-0.2, 0) is 24.3 Å². The third-order valence-corrected chi connectivity index (χ3v) is 4.92. The van der Waals surface area contributed by atoms with E-state index in [4.69, 9.17) is 0 Å². The normalized spacial score (nSPS) is 14.6. The van der Waals surface area contributed by atoms with Crippen LogP contribution >= 0.6 is 0 Å². The van der Waals surface area contributed by atoms with E-state index in [9.17, 15) is 9.59 Å². The molecule has 3 aromatic rings. The Morgan fingerprint density at radius 2 is 2.00 bits per heavy atom. The van der Waals surface area contributed by atoms with Crippen LogP contribution in [0.3, 0.4) is 0 Å². The van der Waals surface area contributed by atoms with Crippen LogP contribution in [0.25, 0.3) is 10.9 Å². The zero-order valence-electron chi connectivity index (χ0n) is 14.7. The van der Waals surface area contributed by atoms with Gasteiger partial charge in [0.15, 0.2) is 0 Å². The summed E-state index contributed by atoms with van der Waals surface area (Å²) in [4.78, 5) is 35.3. The largest absolute Gasteiger partial charge is 0.340 e. The first-order valence-corrected chi connectivity index (χ1v) is 8.87. The molecule has 2 aromatic heterocycles. The SMILES string of the molecule is CCc1nccn1CC1CN(C(=O)Cn2cnc3ccccc3c2=O)C1. The third-order valence-electron chi connectivity index (χ3n) is 4.92. The highest BCUT2D eigenvalue weighted by Gasteiger charge is 2.31. The van der Waals surface area contributed by atoms with Gasteiger partial charge in [-0.15, -0.1) is 0 Å². The van der Waals surface area contributed by atoms with E-state index in [1.165, 1.54) is 10.9 Å². The Balaban J connectivity index is 1.38. The predicted molar refractivity (Wildman–Crippen MR) is 97.7 cm³/mol. The summed E-state index contributed by atoms with van der Waals surface area (Å²) in [6, 6.07) is 7.18. The van der Waals surface area contributed by atoms with Crippen LogP contribution in [0, 0.1) is 5.92 Å². The molecule has 134 valence electrons. The average Bonchev–Trinajstić information content (AvgIpc) is 3.07. The Morgan fingerprint density at radius 1 is 1.19 bits per heavy atom. The van der Waals surface area contributed by atoms with Crippen molar-refractivity contribution in [1.29, 1.82) is 0 Å². The van der Waals surface area contributed by atoms with Crippen LogP contribution in [0.2, 0.25) is 0 Å². The minimum atomic E-state index is -0.174. The fourth-order valence-corrected chi connectivity index (χ4v) is 3.45. The van der Waals surface area contributed by atoms with Crippen molar-refractivity contribution in [2.24, 2.45) is 5.92 Å². The molecule has 0 bridgehead atoms. The summed E-state index contributed by atoms with van der Waals surface area (Å²) in [5.74, 6) is 1.47. The van der Waals surface area contributed by atoms with Crippen molar-refractivity contribution in [2.45, 2.75) is 26.4 Å². The number of para-hydroxylation sites is 1. The van der Waals surface area contributed by atoms with Crippen molar-refractivity contribution >= 4 is 16.8 Å². The zero-order chi connectivity index (χ0) is 18.1. The molecular formula is C19H21N5O2. The fourth-order valence-electron chi connectivity index (χ4n) is 3.45. The third kappa shape index (κ3) is 3.00. The number of hydrogen-bond acceptors (Lipinski definition) is 4. The van der Waals surface area contributed by atoms with Crippen LogP contribution in [0.1, 0.15) is 12.7 Å². The minimum Gasteiger partial charge on any atom is -0.340 e. The quantitative estimate of drug-likeness (QED) is 0.695. The molecule has 1 aliphatic heterocycles. The molecule has 1 aromatic carbocycles. The summed E-state index contributed by atoms with van der Waals surface area (Å²) < 4.78 is 3.55. The first-order chi connectivity index (χ1) is 12.7. The van der Waals surface area contributed by atoms with E-state index >= 15 is 0 Å². The second kappa shape index (κ2) is 6.74. The highest BCUT2D eigenvalue weighted by Crippen LogP contribution is 2.19. The van der Waals surface area contributed by atoms with Gasteiger partial charge in [0, 0.05) is 44.4 Å². The first-order valence-electron chi connectivity index (χ1n) is 8.87. The number of hydrogen-bond donors (Lipinski definition) is 0. The lowest BCUT2D eigenvalue weighted by atomic mass is 10.00. The molecule has 26 heavy (non-hydrogen) atoms. The molecule has 1 saturated heterocycles. The minimum absolute atomic E-state index is 0.0364. The van der Waals surface area contributed by atoms with Crippen molar-refractivity contribution in [3.8, 4) is 0 Å². The van der Waals surface area contributed by atoms with Gasteiger partial charge in [-0.1, -0.05) is 19.1 Å². The molecule has 0 aliphatic carbocycles. The van der Waals surface area contributed by atoms with Crippen LogP contribution < -0.4 is 5.56 Å². The van der Waals surface area contributed by atoms with Gasteiger partial charge in [-0.2, -0.15) is 0 Å². The Hall–Kier alpha value is -2.96. The smallest absolute Gasteiger partial charge is 0.261 e. The summed E-state index contributed by atoms with van der Waals surface area (Å²) in [5.41, 5.74) is 0.476. The molecule has 0 N–H and O–H groups in total. The highest BCUT2D eigenvalue weighted by molar-refractivity contribution is 5.79. The van der Waals surface area contributed by atoms with Gasteiger partial charge in [0.1, 0.15) is 12.4 Å². The molecule has 0 spiro atoms.